The highest BCUT2D eigenvalue weighted by Crippen LogP contribution is 2.08. The van der Waals surface area contributed by atoms with Crippen LogP contribution < -0.4 is 4.98 Å². The van der Waals surface area contributed by atoms with Crippen molar-refractivity contribution in [2.24, 2.45) is 5.92 Å². The molecule has 10 heavy (non-hydrogen) atoms. The van der Waals surface area contributed by atoms with Gasteiger partial charge in [-0.25, -0.2) is 0 Å². The van der Waals surface area contributed by atoms with Crippen molar-refractivity contribution in [2.45, 2.75) is 27.2 Å². The molecule has 1 nitrogen and oxygen atoms in total. The van der Waals surface area contributed by atoms with Crippen LogP contribution in [0.5, 0.6) is 0 Å². The van der Waals surface area contributed by atoms with Gasteiger partial charge < -0.3 is 4.98 Å². The molecule has 0 aliphatic rings. The third kappa shape index (κ3) is 3.85. The molecule has 1 unspecified atom stereocenters. The van der Waals surface area contributed by atoms with Crippen LogP contribution in [0.1, 0.15) is 27.2 Å². The zero-order chi connectivity index (χ0) is 7.98. The Labute approximate surface area is 66.8 Å². The quantitative estimate of drug-likeness (QED) is 0.592. The zero-order valence-corrected chi connectivity index (χ0v) is 8.82. The molecule has 60 valence electrons. The molecule has 2 heteroatoms. The Morgan fingerprint density at radius 2 is 2.20 bits per heavy atom. The molecule has 0 aromatic heterocycles. The lowest BCUT2D eigenvalue weighted by atomic mass is 10.1. The first-order chi connectivity index (χ1) is 4.72. The maximum atomic E-state index is 4.06. The van der Waals surface area contributed by atoms with Gasteiger partial charge in [0.25, 0.3) is 0 Å². The number of hydrogen-bond acceptors (Lipinski definition) is 1. The van der Waals surface area contributed by atoms with E-state index < -0.39 is 0 Å². The van der Waals surface area contributed by atoms with Gasteiger partial charge in [0, 0.05) is 0 Å². The number of nitrogens with one attached hydrogen (secondary N) is 1. The Kier molecular flexibility index (Phi) is 5.64. The van der Waals surface area contributed by atoms with Gasteiger partial charge >= 0.3 is 0 Å². The summed E-state index contributed by atoms with van der Waals surface area (Å²) in [5, 5.41) is 1.46. The molecule has 0 aromatic rings. The van der Waals surface area contributed by atoms with E-state index in [1.54, 1.807) is 0 Å². The van der Waals surface area contributed by atoms with Crippen molar-refractivity contribution >= 4 is 9.68 Å². The first-order valence-corrected chi connectivity index (χ1v) is 5.52. The fraction of sp³-hybridized carbons (Fsp3) is 0.750. The average Bonchev–Trinajstić information content (AvgIpc) is 1.98. The van der Waals surface area contributed by atoms with Crippen LogP contribution in [0, 0.1) is 5.92 Å². The highest BCUT2D eigenvalue weighted by Gasteiger charge is 2.02. The highest BCUT2D eigenvalue weighted by molar-refractivity contribution is 6.42. The normalized spacial score (nSPS) is 14.3. The topological polar surface area (TPSA) is 12.0 Å². The third-order valence-electron chi connectivity index (χ3n) is 1.91. The summed E-state index contributed by atoms with van der Waals surface area (Å²) in [5.41, 5.74) is 0. The van der Waals surface area contributed by atoms with E-state index in [0.717, 1.165) is 12.5 Å². The Morgan fingerprint density at radius 1 is 1.60 bits per heavy atom. The summed E-state index contributed by atoms with van der Waals surface area (Å²) in [6, 6.07) is 0. The van der Waals surface area contributed by atoms with Crippen molar-refractivity contribution < 1.29 is 0 Å². The minimum Gasteiger partial charge on any atom is -0.339 e. The summed E-state index contributed by atoms with van der Waals surface area (Å²) in [4.78, 5) is 3.40. The summed E-state index contributed by atoms with van der Waals surface area (Å²) in [6.45, 7) is 11.8. The zero-order valence-electron chi connectivity index (χ0n) is 7.41. The molecule has 0 saturated carbocycles. The van der Waals surface area contributed by atoms with Gasteiger partial charge in [-0.3, -0.25) is 0 Å². The van der Waals surface area contributed by atoms with Gasteiger partial charge in [-0.05, 0) is 12.5 Å². The van der Waals surface area contributed by atoms with Gasteiger partial charge in [0.05, 0.1) is 0 Å². The fourth-order valence-electron chi connectivity index (χ4n) is 0.748. The van der Waals surface area contributed by atoms with Crippen molar-refractivity contribution in [2.75, 3.05) is 6.54 Å². The van der Waals surface area contributed by atoms with Crippen molar-refractivity contribution in [3.63, 3.8) is 0 Å². The SMILES string of the molecule is C=C([SiH2]NCC)C(C)CC. The molecule has 1 N–H and O–H groups in total. The molecule has 0 spiro atoms. The smallest absolute Gasteiger partial charge is 0.119 e. The van der Waals surface area contributed by atoms with E-state index in [-0.39, 0.29) is 9.68 Å². The van der Waals surface area contributed by atoms with E-state index in [1.165, 1.54) is 11.6 Å². The maximum absolute atomic E-state index is 4.06. The number of rotatable bonds is 5. The summed E-state index contributed by atoms with van der Waals surface area (Å²) in [6.07, 6.45) is 1.23. The molecule has 0 saturated heterocycles. The van der Waals surface area contributed by atoms with E-state index in [4.69, 9.17) is 0 Å². The number of allylic oxidation sites excluding steroid dienone is 1. The van der Waals surface area contributed by atoms with Gasteiger partial charge in [0.15, 0.2) is 0 Å². The van der Waals surface area contributed by atoms with E-state index in [0.29, 0.717) is 0 Å². The second kappa shape index (κ2) is 5.68. The van der Waals surface area contributed by atoms with E-state index >= 15 is 0 Å². The lowest BCUT2D eigenvalue weighted by Gasteiger charge is -2.11. The lowest BCUT2D eigenvalue weighted by Crippen LogP contribution is -2.22. The summed E-state index contributed by atoms with van der Waals surface area (Å²) < 4.78 is 0. The fourth-order valence-corrected chi connectivity index (χ4v) is 1.96. The molecule has 0 heterocycles. The van der Waals surface area contributed by atoms with Crippen LogP contribution in [-0.4, -0.2) is 16.2 Å². The Hall–Kier alpha value is -0.0831. The molecule has 1 atom stereocenters. The second-order valence-electron chi connectivity index (χ2n) is 2.75. The summed E-state index contributed by atoms with van der Waals surface area (Å²) >= 11 is 0. The Morgan fingerprint density at radius 3 is 2.60 bits per heavy atom. The van der Waals surface area contributed by atoms with Gasteiger partial charge in [-0.15, -0.1) is 6.58 Å². The standard InChI is InChI=1S/C8H19NSi/c1-5-7(3)8(4)10-9-6-2/h7,9H,4-6,10H2,1-3H3. The average molecular weight is 157 g/mol. The lowest BCUT2D eigenvalue weighted by molar-refractivity contribution is 0.682. The van der Waals surface area contributed by atoms with Crippen LogP contribution in [0.3, 0.4) is 0 Å². The molecule has 0 amide bonds. The molecule has 0 radical (unpaired) electrons. The molecule has 0 fully saturated rings. The molecular weight excluding hydrogens is 138 g/mol. The van der Waals surface area contributed by atoms with Crippen LogP contribution in [0.15, 0.2) is 11.8 Å². The maximum Gasteiger partial charge on any atom is 0.119 e. The molecule has 0 aromatic carbocycles. The van der Waals surface area contributed by atoms with E-state index in [9.17, 15) is 0 Å². The minimum atomic E-state index is -0.167. The second-order valence-corrected chi connectivity index (χ2v) is 4.51. The van der Waals surface area contributed by atoms with Gasteiger partial charge in [-0.1, -0.05) is 32.4 Å². The Bertz CT molecular complexity index is 101. The Balaban J connectivity index is 3.42. The molecule has 0 rings (SSSR count). The molecule has 0 aliphatic heterocycles. The first kappa shape index (κ1) is 9.92. The van der Waals surface area contributed by atoms with Gasteiger partial charge in [0.2, 0.25) is 0 Å². The van der Waals surface area contributed by atoms with Crippen LogP contribution in [0.2, 0.25) is 0 Å². The molecule has 0 bridgehead atoms. The van der Waals surface area contributed by atoms with Crippen LogP contribution in [-0.2, 0) is 0 Å². The van der Waals surface area contributed by atoms with Crippen molar-refractivity contribution in [1.29, 1.82) is 0 Å². The van der Waals surface area contributed by atoms with Gasteiger partial charge in [0.1, 0.15) is 9.68 Å². The third-order valence-corrected chi connectivity index (χ3v) is 3.81. The predicted molar refractivity (Wildman–Crippen MR) is 50.8 cm³/mol. The minimum absolute atomic E-state index is 0.167. The van der Waals surface area contributed by atoms with Crippen molar-refractivity contribution in [3.05, 3.63) is 11.8 Å². The van der Waals surface area contributed by atoms with Crippen molar-refractivity contribution in [3.8, 4) is 0 Å². The highest BCUT2D eigenvalue weighted by atomic mass is 28.2. The first-order valence-electron chi connectivity index (χ1n) is 4.10. The molecular formula is C8H19NSi. The van der Waals surface area contributed by atoms with E-state index in [1.807, 2.05) is 0 Å². The number of hydrogen-bond donors (Lipinski definition) is 1. The van der Waals surface area contributed by atoms with Crippen LogP contribution in [0.4, 0.5) is 0 Å². The van der Waals surface area contributed by atoms with Gasteiger partial charge in [-0.2, -0.15) is 0 Å². The van der Waals surface area contributed by atoms with Crippen LogP contribution in [0.25, 0.3) is 0 Å². The van der Waals surface area contributed by atoms with E-state index in [2.05, 4.69) is 32.3 Å². The monoisotopic (exact) mass is 157 g/mol. The summed E-state index contributed by atoms with van der Waals surface area (Å²) in [5.74, 6) is 0.728. The van der Waals surface area contributed by atoms with Crippen molar-refractivity contribution in [1.82, 2.24) is 4.98 Å². The predicted octanol–water partition coefficient (Wildman–Crippen LogP) is 1.24. The largest absolute Gasteiger partial charge is 0.339 e. The molecule has 0 aliphatic carbocycles. The van der Waals surface area contributed by atoms with Crippen LogP contribution >= 0.6 is 0 Å². The summed E-state index contributed by atoms with van der Waals surface area (Å²) in [7, 11) is -0.167.